The Hall–Kier alpha value is -2.73. The zero-order chi connectivity index (χ0) is 17.4. The van der Waals surface area contributed by atoms with Gasteiger partial charge in [-0.05, 0) is 36.9 Å². The van der Waals surface area contributed by atoms with Crippen LogP contribution in [0.2, 0.25) is 0 Å². The standard InChI is InChI=1S/C18H20FN3O2/c1-22(12-17(23)20-11-14-5-3-2-4-6-14)13-18(24)21-16-9-7-15(19)8-10-16/h2-10H,11-13H2,1H3,(H,20,23)(H,21,24). The van der Waals surface area contributed by atoms with Gasteiger partial charge in [-0.2, -0.15) is 0 Å². The number of nitrogens with one attached hydrogen (secondary N) is 2. The minimum absolute atomic E-state index is 0.0656. The number of amides is 2. The topological polar surface area (TPSA) is 61.4 Å². The van der Waals surface area contributed by atoms with Crippen molar-refractivity contribution in [1.29, 1.82) is 0 Å². The molecule has 0 spiro atoms. The lowest BCUT2D eigenvalue weighted by atomic mass is 10.2. The van der Waals surface area contributed by atoms with E-state index in [1.165, 1.54) is 24.3 Å². The Balaban J connectivity index is 1.71. The van der Waals surface area contributed by atoms with E-state index < -0.39 is 0 Å². The average Bonchev–Trinajstić information content (AvgIpc) is 2.56. The number of nitrogens with zero attached hydrogens (tertiary/aromatic N) is 1. The second-order valence-electron chi connectivity index (χ2n) is 5.49. The van der Waals surface area contributed by atoms with E-state index in [4.69, 9.17) is 0 Å². The van der Waals surface area contributed by atoms with Gasteiger partial charge in [-0.25, -0.2) is 4.39 Å². The summed E-state index contributed by atoms with van der Waals surface area (Å²) in [7, 11) is 1.69. The molecule has 0 aliphatic rings. The summed E-state index contributed by atoms with van der Waals surface area (Å²) in [6, 6.07) is 15.1. The fourth-order valence-corrected chi connectivity index (χ4v) is 2.13. The van der Waals surface area contributed by atoms with Gasteiger partial charge in [-0.15, -0.1) is 0 Å². The number of anilines is 1. The van der Waals surface area contributed by atoms with Crippen LogP contribution in [0, 0.1) is 5.82 Å². The highest BCUT2D eigenvalue weighted by Crippen LogP contribution is 2.08. The Morgan fingerprint density at radius 1 is 0.958 bits per heavy atom. The van der Waals surface area contributed by atoms with Crippen molar-refractivity contribution in [2.45, 2.75) is 6.54 Å². The Labute approximate surface area is 140 Å². The molecular weight excluding hydrogens is 309 g/mol. The van der Waals surface area contributed by atoms with E-state index in [0.29, 0.717) is 12.2 Å². The molecule has 5 nitrogen and oxygen atoms in total. The van der Waals surface area contributed by atoms with E-state index in [1.54, 1.807) is 11.9 Å². The molecule has 0 bridgehead atoms. The maximum atomic E-state index is 12.8. The molecule has 126 valence electrons. The van der Waals surface area contributed by atoms with E-state index in [2.05, 4.69) is 10.6 Å². The smallest absolute Gasteiger partial charge is 0.238 e. The largest absolute Gasteiger partial charge is 0.351 e. The molecule has 0 unspecified atom stereocenters. The predicted octanol–water partition coefficient (Wildman–Crippen LogP) is 2.01. The molecular formula is C18H20FN3O2. The van der Waals surface area contributed by atoms with E-state index in [1.807, 2.05) is 30.3 Å². The second-order valence-corrected chi connectivity index (χ2v) is 5.49. The normalized spacial score (nSPS) is 10.5. The first-order chi connectivity index (χ1) is 11.5. The SMILES string of the molecule is CN(CC(=O)NCc1ccccc1)CC(=O)Nc1ccc(F)cc1. The molecule has 2 aromatic rings. The second kappa shape index (κ2) is 8.79. The van der Waals surface area contributed by atoms with Crippen LogP contribution in [0.5, 0.6) is 0 Å². The average molecular weight is 329 g/mol. The van der Waals surface area contributed by atoms with Gasteiger partial charge in [-0.3, -0.25) is 14.5 Å². The summed E-state index contributed by atoms with van der Waals surface area (Å²) in [6.07, 6.45) is 0. The summed E-state index contributed by atoms with van der Waals surface area (Å²) in [6.45, 7) is 0.634. The number of halogens is 1. The third-order valence-corrected chi connectivity index (χ3v) is 3.29. The lowest BCUT2D eigenvalue weighted by Crippen LogP contribution is -2.38. The molecule has 0 fully saturated rings. The molecule has 2 amide bonds. The summed E-state index contributed by atoms with van der Waals surface area (Å²) in [5, 5.41) is 5.46. The zero-order valence-electron chi connectivity index (χ0n) is 13.5. The molecule has 0 atom stereocenters. The third-order valence-electron chi connectivity index (χ3n) is 3.29. The van der Waals surface area contributed by atoms with Crippen LogP contribution in [-0.2, 0) is 16.1 Å². The minimum atomic E-state index is -0.361. The van der Waals surface area contributed by atoms with Crippen molar-refractivity contribution < 1.29 is 14.0 Å². The molecule has 0 heterocycles. The number of likely N-dealkylation sites (N-methyl/N-ethyl adjacent to an activating group) is 1. The van der Waals surface area contributed by atoms with Crippen LogP contribution in [0.4, 0.5) is 10.1 Å². The highest BCUT2D eigenvalue weighted by Gasteiger charge is 2.11. The number of carbonyl (C=O) groups is 2. The summed E-state index contributed by atoms with van der Waals surface area (Å²) >= 11 is 0. The molecule has 0 aliphatic carbocycles. The molecule has 2 rings (SSSR count). The maximum Gasteiger partial charge on any atom is 0.238 e. The summed E-state index contributed by atoms with van der Waals surface area (Å²) in [5.41, 5.74) is 1.53. The van der Waals surface area contributed by atoms with E-state index >= 15 is 0 Å². The number of hydrogen-bond donors (Lipinski definition) is 2. The molecule has 6 heteroatoms. The highest BCUT2D eigenvalue weighted by molar-refractivity contribution is 5.92. The van der Waals surface area contributed by atoms with Gasteiger partial charge in [0.25, 0.3) is 0 Å². The molecule has 24 heavy (non-hydrogen) atoms. The lowest BCUT2D eigenvalue weighted by Gasteiger charge is -2.16. The van der Waals surface area contributed by atoms with Gasteiger partial charge in [0.1, 0.15) is 5.82 Å². The number of benzene rings is 2. The summed E-state index contributed by atoms with van der Waals surface area (Å²) in [4.78, 5) is 25.4. The predicted molar refractivity (Wildman–Crippen MR) is 90.8 cm³/mol. The van der Waals surface area contributed by atoms with Crippen LogP contribution < -0.4 is 10.6 Å². The van der Waals surface area contributed by atoms with E-state index in [-0.39, 0.29) is 30.7 Å². The van der Waals surface area contributed by atoms with Crippen molar-refractivity contribution >= 4 is 17.5 Å². The van der Waals surface area contributed by atoms with Crippen LogP contribution in [0.25, 0.3) is 0 Å². The Morgan fingerprint density at radius 2 is 1.58 bits per heavy atom. The van der Waals surface area contributed by atoms with Gasteiger partial charge < -0.3 is 10.6 Å². The van der Waals surface area contributed by atoms with Crippen molar-refractivity contribution in [1.82, 2.24) is 10.2 Å². The first-order valence-corrected chi connectivity index (χ1v) is 7.57. The van der Waals surface area contributed by atoms with Gasteiger partial charge in [-0.1, -0.05) is 30.3 Å². The fraction of sp³-hybridized carbons (Fsp3) is 0.222. The van der Waals surface area contributed by atoms with Gasteiger partial charge in [0.15, 0.2) is 0 Å². The summed E-state index contributed by atoms with van der Waals surface area (Å²) in [5.74, 6) is -0.781. The molecule has 0 aliphatic heterocycles. The summed E-state index contributed by atoms with van der Waals surface area (Å²) < 4.78 is 12.8. The van der Waals surface area contributed by atoms with E-state index in [0.717, 1.165) is 5.56 Å². The van der Waals surface area contributed by atoms with E-state index in [9.17, 15) is 14.0 Å². The van der Waals surface area contributed by atoms with Crippen LogP contribution in [0.3, 0.4) is 0 Å². The van der Waals surface area contributed by atoms with Crippen molar-refractivity contribution in [3.05, 3.63) is 66.0 Å². The quantitative estimate of drug-likeness (QED) is 0.817. The van der Waals surface area contributed by atoms with Crippen molar-refractivity contribution in [2.75, 3.05) is 25.5 Å². The minimum Gasteiger partial charge on any atom is -0.351 e. The van der Waals surface area contributed by atoms with Crippen LogP contribution in [0.15, 0.2) is 54.6 Å². The molecule has 0 saturated heterocycles. The third kappa shape index (κ3) is 6.18. The Morgan fingerprint density at radius 3 is 2.25 bits per heavy atom. The van der Waals surface area contributed by atoms with Crippen LogP contribution >= 0.6 is 0 Å². The first-order valence-electron chi connectivity index (χ1n) is 7.57. The zero-order valence-corrected chi connectivity index (χ0v) is 13.5. The first kappa shape index (κ1) is 17.6. The number of hydrogen-bond acceptors (Lipinski definition) is 3. The van der Waals surface area contributed by atoms with Gasteiger partial charge >= 0.3 is 0 Å². The molecule has 0 saturated carbocycles. The maximum absolute atomic E-state index is 12.8. The molecule has 0 radical (unpaired) electrons. The van der Waals surface area contributed by atoms with Gasteiger partial charge in [0.2, 0.25) is 11.8 Å². The Kier molecular flexibility index (Phi) is 6.45. The van der Waals surface area contributed by atoms with Crippen molar-refractivity contribution in [3.8, 4) is 0 Å². The number of rotatable bonds is 7. The fourth-order valence-electron chi connectivity index (χ4n) is 2.13. The molecule has 0 aromatic heterocycles. The van der Waals surface area contributed by atoms with Crippen LogP contribution in [-0.4, -0.2) is 36.9 Å². The molecule has 2 N–H and O–H groups in total. The van der Waals surface area contributed by atoms with Crippen LogP contribution in [0.1, 0.15) is 5.56 Å². The Bertz CT molecular complexity index is 674. The number of carbonyl (C=O) groups excluding carboxylic acids is 2. The monoisotopic (exact) mass is 329 g/mol. The van der Waals surface area contributed by atoms with Gasteiger partial charge in [0.05, 0.1) is 13.1 Å². The van der Waals surface area contributed by atoms with Crippen molar-refractivity contribution in [3.63, 3.8) is 0 Å². The highest BCUT2D eigenvalue weighted by atomic mass is 19.1. The van der Waals surface area contributed by atoms with Crippen molar-refractivity contribution in [2.24, 2.45) is 0 Å². The lowest BCUT2D eigenvalue weighted by molar-refractivity contribution is -0.123. The van der Waals surface area contributed by atoms with Gasteiger partial charge in [0, 0.05) is 12.2 Å². The molecule has 2 aromatic carbocycles.